The van der Waals surface area contributed by atoms with Crippen molar-refractivity contribution in [2.45, 2.75) is 5.41 Å². The summed E-state index contributed by atoms with van der Waals surface area (Å²) >= 11 is 0. The molecule has 3 nitrogen and oxygen atoms in total. The highest BCUT2D eigenvalue weighted by Gasteiger charge is 2.46. The number of carbonyl (C=O) groups excluding carboxylic acids is 1. The summed E-state index contributed by atoms with van der Waals surface area (Å²) in [5.74, 6) is 0.743. The van der Waals surface area contributed by atoms with Gasteiger partial charge in [0.15, 0.2) is 11.6 Å². The van der Waals surface area contributed by atoms with Crippen LogP contribution in [0.1, 0.15) is 38.2 Å². The molecule has 0 N–H and O–H groups in total. The number of nitrogens with zero attached hydrogens (tertiary/aromatic N) is 2. The van der Waals surface area contributed by atoms with E-state index in [0.29, 0.717) is 5.82 Å². The second kappa shape index (κ2) is 12.6. The molecule has 0 amide bonds. The zero-order valence-corrected chi connectivity index (χ0v) is 27.8. The molecule has 0 saturated heterocycles. The van der Waals surface area contributed by atoms with Crippen molar-refractivity contribution in [3.63, 3.8) is 0 Å². The van der Waals surface area contributed by atoms with Crippen molar-refractivity contribution in [2.24, 2.45) is 0 Å². The number of fused-ring (bicyclic) bond motifs is 2. The second-order valence-electron chi connectivity index (χ2n) is 12.9. The van der Waals surface area contributed by atoms with Gasteiger partial charge in [-0.3, -0.25) is 4.79 Å². The topological polar surface area (TPSA) is 42.9 Å². The average molecular weight is 653 g/mol. The van der Waals surface area contributed by atoms with Crippen LogP contribution in [0.3, 0.4) is 0 Å². The van der Waals surface area contributed by atoms with Gasteiger partial charge in [0.2, 0.25) is 0 Å². The Hall–Kier alpha value is -6.71. The van der Waals surface area contributed by atoms with E-state index in [1.165, 1.54) is 0 Å². The van der Waals surface area contributed by atoms with E-state index in [2.05, 4.69) is 115 Å². The average Bonchev–Trinajstić information content (AvgIpc) is 3.22. The quantitative estimate of drug-likeness (QED) is 0.180. The SMILES string of the molecule is O=C1c2ccccc2C(c2ccccc2)(c2cccc(-c3ccc(-c4nc(-c5ccccc5)cc(-c5ccccc5)n4)cc3)c2)c2ccccc21. The molecule has 0 radical (unpaired) electrons. The molecule has 0 unspecified atom stereocenters. The van der Waals surface area contributed by atoms with Crippen molar-refractivity contribution in [3.8, 4) is 45.0 Å². The molecular weight excluding hydrogens is 621 g/mol. The highest BCUT2D eigenvalue weighted by atomic mass is 16.1. The highest BCUT2D eigenvalue weighted by molar-refractivity contribution is 6.14. The molecule has 1 aromatic heterocycles. The molecule has 7 aromatic carbocycles. The van der Waals surface area contributed by atoms with Gasteiger partial charge in [0, 0.05) is 27.8 Å². The number of ketones is 1. The summed E-state index contributed by atoms with van der Waals surface area (Å²) in [5, 5.41) is 0. The molecule has 51 heavy (non-hydrogen) atoms. The molecule has 0 bridgehead atoms. The van der Waals surface area contributed by atoms with Crippen LogP contribution in [0, 0.1) is 0 Å². The van der Waals surface area contributed by atoms with E-state index in [0.717, 1.165) is 72.6 Å². The first-order valence-electron chi connectivity index (χ1n) is 17.2. The lowest BCUT2D eigenvalue weighted by atomic mass is 9.59. The lowest BCUT2D eigenvalue weighted by molar-refractivity contribution is 0.103. The number of aromatic nitrogens is 2. The highest BCUT2D eigenvalue weighted by Crippen LogP contribution is 2.51. The van der Waals surface area contributed by atoms with Crippen LogP contribution in [0.5, 0.6) is 0 Å². The third-order valence-corrected chi connectivity index (χ3v) is 10.00. The first-order valence-corrected chi connectivity index (χ1v) is 17.2. The Morgan fingerprint density at radius 1 is 0.353 bits per heavy atom. The monoisotopic (exact) mass is 652 g/mol. The fourth-order valence-electron chi connectivity index (χ4n) is 7.62. The third kappa shape index (κ3) is 5.19. The van der Waals surface area contributed by atoms with Crippen LogP contribution in [0.4, 0.5) is 0 Å². The standard InChI is InChI=1S/C48H32N2O/c51-46-40-23-10-12-25-42(40)48(38-20-8-3-9-21-38,43-26-13-11-24-41(43)46)39-22-14-19-37(31-39)33-27-29-36(30-28-33)47-49-44(34-15-4-1-5-16-34)32-45(50-47)35-17-6-2-7-18-35/h1-32H. The summed E-state index contributed by atoms with van der Waals surface area (Å²) in [7, 11) is 0. The van der Waals surface area contributed by atoms with Gasteiger partial charge in [0.25, 0.3) is 0 Å². The Kier molecular flexibility index (Phi) is 7.52. The number of rotatable bonds is 6. The predicted octanol–water partition coefficient (Wildman–Crippen LogP) is 11.1. The molecule has 1 aliphatic carbocycles. The Labute approximate surface area is 297 Å². The smallest absolute Gasteiger partial charge is 0.193 e. The van der Waals surface area contributed by atoms with Gasteiger partial charge in [0.05, 0.1) is 16.8 Å². The molecular formula is C48H32N2O. The van der Waals surface area contributed by atoms with Crippen LogP contribution in [-0.2, 0) is 5.41 Å². The summed E-state index contributed by atoms with van der Waals surface area (Å²) in [6.07, 6.45) is 0. The molecule has 0 saturated carbocycles. The molecule has 0 spiro atoms. The molecule has 0 aliphatic heterocycles. The predicted molar refractivity (Wildman–Crippen MR) is 206 cm³/mol. The molecule has 8 aromatic rings. The maximum atomic E-state index is 13.9. The van der Waals surface area contributed by atoms with Crippen molar-refractivity contribution >= 4 is 5.78 Å². The van der Waals surface area contributed by atoms with E-state index >= 15 is 0 Å². The first-order chi connectivity index (χ1) is 25.2. The van der Waals surface area contributed by atoms with Gasteiger partial charge < -0.3 is 0 Å². The summed E-state index contributed by atoms with van der Waals surface area (Å²) in [5.41, 5.74) is 12.0. The van der Waals surface area contributed by atoms with Crippen molar-refractivity contribution < 1.29 is 4.79 Å². The number of hydrogen-bond acceptors (Lipinski definition) is 3. The van der Waals surface area contributed by atoms with Crippen molar-refractivity contribution in [1.82, 2.24) is 9.97 Å². The van der Waals surface area contributed by atoms with E-state index in [1.807, 2.05) is 78.9 Å². The van der Waals surface area contributed by atoms with Crippen LogP contribution in [0.2, 0.25) is 0 Å². The Balaban J connectivity index is 1.17. The van der Waals surface area contributed by atoms with Gasteiger partial charge in [-0.05, 0) is 45.5 Å². The molecule has 3 heteroatoms. The van der Waals surface area contributed by atoms with Crippen LogP contribution < -0.4 is 0 Å². The molecule has 1 aliphatic rings. The van der Waals surface area contributed by atoms with E-state index in [9.17, 15) is 4.79 Å². The van der Waals surface area contributed by atoms with E-state index < -0.39 is 5.41 Å². The number of carbonyl (C=O) groups is 1. The maximum Gasteiger partial charge on any atom is 0.193 e. The van der Waals surface area contributed by atoms with Gasteiger partial charge in [-0.25, -0.2) is 9.97 Å². The van der Waals surface area contributed by atoms with Crippen molar-refractivity contribution in [1.29, 1.82) is 0 Å². The summed E-state index contributed by atoms with van der Waals surface area (Å²) in [6.45, 7) is 0. The Bertz CT molecular complexity index is 2420. The minimum absolute atomic E-state index is 0.0634. The molecule has 240 valence electrons. The lowest BCUT2D eigenvalue weighted by Gasteiger charge is -2.41. The van der Waals surface area contributed by atoms with Crippen LogP contribution in [-0.4, -0.2) is 15.8 Å². The van der Waals surface area contributed by atoms with Crippen molar-refractivity contribution in [2.75, 3.05) is 0 Å². The molecule has 1 heterocycles. The summed E-state index contributed by atoms with van der Waals surface area (Å²) in [6, 6.07) is 66.6. The first kappa shape index (κ1) is 30.4. The molecule has 0 fully saturated rings. The molecule has 9 rings (SSSR count). The fraction of sp³-hybridized carbons (Fsp3) is 0.0208. The van der Waals surface area contributed by atoms with Gasteiger partial charge in [-0.2, -0.15) is 0 Å². The fourth-order valence-corrected chi connectivity index (χ4v) is 7.62. The normalized spacial score (nSPS) is 12.9. The van der Waals surface area contributed by atoms with Crippen molar-refractivity contribution in [3.05, 3.63) is 228 Å². The van der Waals surface area contributed by atoms with Crippen LogP contribution in [0.15, 0.2) is 194 Å². The summed E-state index contributed by atoms with van der Waals surface area (Å²) < 4.78 is 0. The Morgan fingerprint density at radius 2 is 0.804 bits per heavy atom. The van der Waals surface area contributed by atoms with E-state index in [1.54, 1.807) is 0 Å². The van der Waals surface area contributed by atoms with Gasteiger partial charge in [-0.15, -0.1) is 0 Å². The second-order valence-corrected chi connectivity index (χ2v) is 12.9. The van der Waals surface area contributed by atoms with E-state index in [-0.39, 0.29) is 5.78 Å². The molecule has 0 atom stereocenters. The van der Waals surface area contributed by atoms with Crippen LogP contribution in [0.25, 0.3) is 45.0 Å². The van der Waals surface area contributed by atoms with Gasteiger partial charge in [-0.1, -0.05) is 182 Å². The zero-order valence-electron chi connectivity index (χ0n) is 27.8. The third-order valence-electron chi connectivity index (χ3n) is 10.00. The van der Waals surface area contributed by atoms with Gasteiger partial charge in [0.1, 0.15) is 0 Å². The lowest BCUT2D eigenvalue weighted by Crippen LogP contribution is -2.38. The number of benzene rings is 7. The minimum atomic E-state index is -0.683. The Morgan fingerprint density at radius 3 is 1.37 bits per heavy atom. The van der Waals surface area contributed by atoms with E-state index in [4.69, 9.17) is 9.97 Å². The van der Waals surface area contributed by atoms with Crippen LogP contribution >= 0.6 is 0 Å². The van der Waals surface area contributed by atoms with Gasteiger partial charge >= 0.3 is 0 Å². The maximum absolute atomic E-state index is 13.9. The minimum Gasteiger partial charge on any atom is -0.289 e. The largest absolute Gasteiger partial charge is 0.289 e. The summed E-state index contributed by atoms with van der Waals surface area (Å²) in [4.78, 5) is 23.9. The number of hydrogen-bond donors (Lipinski definition) is 0. The zero-order chi connectivity index (χ0) is 34.2.